The summed E-state index contributed by atoms with van der Waals surface area (Å²) < 4.78 is 0. The average molecular weight is 284 g/mol. The lowest BCUT2D eigenvalue weighted by Crippen LogP contribution is -2.42. The standard InChI is InChI=1S/C16H20N4O/c1-16(4-6-17-7-5-16)11-20-15(21)12-2-3-13-14(10-12)19-9-8-18-13/h2-3,8-10,17H,4-7,11H2,1H3,(H,20,21). The van der Waals surface area contributed by atoms with Gasteiger partial charge in [0.25, 0.3) is 5.91 Å². The molecule has 0 radical (unpaired) electrons. The lowest BCUT2D eigenvalue weighted by molar-refractivity contribution is 0.0922. The molecule has 1 saturated heterocycles. The second-order valence-electron chi connectivity index (χ2n) is 6.00. The third-order valence-corrected chi connectivity index (χ3v) is 4.22. The van der Waals surface area contributed by atoms with Crippen LogP contribution in [0.3, 0.4) is 0 Å². The molecule has 1 aliphatic heterocycles. The Bertz CT molecular complexity index is 650. The van der Waals surface area contributed by atoms with Gasteiger partial charge in [0.2, 0.25) is 0 Å². The van der Waals surface area contributed by atoms with E-state index in [2.05, 4.69) is 27.5 Å². The van der Waals surface area contributed by atoms with Gasteiger partial charge in [-0.2, -0.15) is 0 Å². The molecule has 2 aromatic rings. The van der Waals surface area contributed by atoms with Gasteiger partial charge in [0.05, 0.1) is 11.0 Å². The van der Waals surface area contributed by atoms with Gasteiger partial charge in [0, 0.05) is 24.5 Å². The van der Waals surface area contributed by atoms with Crippen LogP contribution in [0.5, 0.6) is 0 Å². The van der Waals surface area contributed by atoms with Crippen molar-refractivity contribution in [1.29, 1.82) is 0 Å². The maximum atomic E-state index is 12.3. The number of aromatic nitrogens is 2. The van der Waals surface area contributed by atoms with Crippen LogP contribution in [0.2, 0.25) is 0 Å². The van der Waals surface area contributed by atoms with E-state index in [-0.39, 0.29) is 11.3 Å². The van der Waals surface area contributed by atoms with Crippen LogP contribution in [-0.2, 0) is 0 Å². The van der Waals surface area contributed by atoms with E-state index < -0.39 is 0 Å². The highest BCUT2D eigenvalue weighted by Gasteiger charge is 2.27. The van der Waals surface area contributed by atoms with Crippen molar-refractivity contribution in [2.24, 2.45) is 5.41 Å². The number of carbonyl (C=O) groups is 1. The molecular weight excluding hydrogens is 264 g/mol. The Labute approximate surface area is 124 Å². The van der Waals surface area contributed by atoms with Crippen molar-refractivity contribution in [2.75, 3.05) is 19.6 Å². The summed E-state index contributed by atoms with van der Waals surface area (Å²) in [6.45, 7) is 5.00. The molecule has 5 nitrogen and oxygen atoms in total. The molecule has 1 amide bonds. The van der Waals surface area contributed by atoms with Crippen molar-refractivity contribution in [3.8, 4) is 0 Å². The summed E-state index contributed by atoms with van der Waals surface area (Å²) in [5, 5.41) is 6.41. The molecule has 1 aliphatic rings. The molecule has 0 saturated carbocycles. The fourth-order valence-corrected chi connectivity index (χ4v) is 2.71. The first-order valence-electron chi connectivity index (χ1n) is 7.36. The Morgan fingerprint density at radius 2 is 1.95 bits per heavy atom. The van der Waals surface area contributed by atoms with Gasteiger partial charge < -0.3 is 10.6 Å². The number of rotatable bonds is 3. The summed E-state index contributed by atoms with van der Waals surface area (Å²) in [5.74, 6) is -0.0395. The highest BCUT2D eigenvalue weighted by molar-refractivity contribution is 5.97. The van der Waals surface area contributed by atoms with E-state index in [1.165, 1.54) is 0 Å². The quantitative estimate of drug-likeness (QED) is 0.901. The SMILES string of the molecule is CC1(CNC(=O)c2ccc3nccnc3c2)CCNCC1. The molecule has 2 N–H and O–H groups in total. The van der Waals surface area contributed by atoms with Gasteiger partial charge in [-0.15, -0.1) is 0 Å². The Hall–Kier alpha value is -2.01. The number of hydrogen-bond acceptors (Lipinski definition) is 4. The largest absolute Gasteiger partial charge is 0.351 e. The normalized spacial score (nSPS) is 17.6. The highest BCUT2D eigenvalue weighted by atomic mass is 16.1. The molecule has 0 spiro atoms. The van der Waals surface area contributed by atoms with Crippen LogP contribution in [-0.4, -0.2) is 35.5 Å². The first-order valence-corrected chi connectivity index (χ1v) is 7.36. The molecule has 1 aromatic carbocycles. The maximum Gasteiger partial charge on any atom is 0.251 e. The summed E-state index contributed by atoms with van der Waals surface area (Å²) in [7, 11) is 0. The fraction of sp³-hybridized carbons (Fsp3) is 0.438. The summed E-state index contributed by atoms with van der Waals surface area (Å²) >= 11 is 0. The number of fused-ring (bicyclic) bond motifs is 1. The molecule has 21 heavy (non-hydrogen) atoms. The third-order valence-electron chi connectivity index (χ3n) is 4.22. The van der Waals surface area contributed by atoms with Gasteiger partial charge in [-0.3, -0.25) is 14.8 Å². The predicted octanol–water partition coefficient (Wildman–Crippen LogP) is 1.75. The lowest BCUT2D eigenvalue weighted by atomic mass is 9.81. The topological polar surface area (TPSA) is 66.9 Å². The minimum Gasteiger partial charge on any atom is -0.351 e. The van der Waals surface area contributed by atoms with Crippen molar-refractivity contribution in [2.45, 2.75) is 19.8 Å². The second-order valence-corrected chi connectivity index (χ2v) is 6.00. The number of nitrogens with zero attached hydrogens (tertiary/aromatic N) is 2. The van der Waals surface area contributed by atoms with E-state index in [1.807, 2.05) is 6.07 Å². The second kappa shape index (κ2) is 5.77. The van der Waals surface area contributed by atoms with Crippen LogP contribution < -0.4 is 10.6 Å². The van der Waals surface area contributed by atoms with Gasteiger partial charge in [-0.25, -0.2) is 0 Å². The van der Waals surface area contributed by atoms with Gasteiger partial charge in [0.15, 0.2) is 0 Å². The molecule has 1 aromatic heterocycles. The van der Waals surface area contributed by atoms with Crippen molar-refractivity contribution in [1.82, 2.24) is 20.6 Å². The Morgan fingerprint density at radius 3 is 2.71 bits per heavy atom. The van der Waals surface area contributed by atoms with Gasteiger partial charge in [-0.05, 0) is 49.5 Å². The zero-order valence-corrected chi connectivity index (χ0v) is 12.2. The van der Waals surface area contributed by atoms with Gasteiger partial charge in [-0.1, -0.05) is 6.92 Å². The lowest BCUT2D eigenvalue weighted by Gasteiger charge is -2.34. The minimum absolute atomic E-state index is 0.0395. The predicted molar refractivity (Wildman–Crippen MR) is 82.1 cm³/mol. The summed E-state index contributed by atoms with van der Waals surface area (Å²) in [6, 6.07) is 5.43. The number of benzene rings is 1. The first-order chi connectivity index (χ1) is 10.2. The summed E-state index contributed by atoms with van der Waals surface area (Å²) in [6.07, 6.45) is 5.48. The molecule has 0 unspecified atom stereocenters. The van der Waals surface area contributed by atoms with Gasteiger partial charge >= 0.3 is 0 Å². The molecular formula is C16H20N4O. The van der Waals surface area contributed by atoms with E-state index in [1.54, 1.807) is 24.5 Å². The number of amides is 1. The Kier molecular flexibility index (Phi) is 3.84. The van der Waals surface area contributed by atoms with Gasteiger partial charge in [0.1, 0.15) is 0 Å². The molecule has 5 heteroatoms. The number of nitrogens with one attached hydrogen (secondary N) is 2. The minimum atomic E-state index is -0.0395. The van der Waals surface area contributed by atoms with Crippen molar-refractivity contribution >= 4 is 16.9 Å². The monoisotopic (exact) mass is 284 g/mol. The molecule has 0 aliphatic carbocycles. The van der Waals surface area contributed by atoms with Crippen LogP contribution >= 0.6 is 0 Å². The van der Waals surface area contributed by atoms with E-state index in [9.17, 15) is 4.79 Å². The Morgan fingerprint density at radius 1 is 1.24 bits per heavy atom. The summed E-state index contributed by atoms with van der Waals surface area (Å²) in [4.78, 5) is 20.7. The smallest absolute Gasteiger partial charge is 0.251 e. The average Bonchev–Trinajstić information content (AvgIpc) is 2.53. The maximum absolute atomic E-state index is 12.3. The van der Waals surface area contributed by atoms with E-state index in [0.29, 0.717) is 12.1 Å². The molecule has 110 valence electrons. The van der Waals surface area contributed by atoms with Crippen LogP contribution in [0, 0.1) is 5.41 Å². The number of piperidine rings is 1. The van der Waals surface area contributed by atoms with Crippen LogP contribution in [0.4, 0.5) is 0 Å². The number of carbonyl (C=O) groups excluding carboxylic acids is 1. The van der Waals surface area contributed by atoms with E-state index in [4.69, 9.17) is 0 Å². The summed E-state index contributed by atoms with van der Waals surface area (Å²) in [5.41, 5.74) is 2.38. The highest BCUT2D eigenvalue weighted by Crippen LogP contribution is 2.26. The zero-order valence-electron chi connectivity index (χ0n) is 12.2. The van der Waals surface area contributed by atoms with Crippen molar-refractivity contribution in [3.63, 3.8) is 0 Å². The van der Waals surface area contributed by atoms with Crippen molar-refractivity contribution < 1.29 is 4.79 Å². The van der Waals surface area contributed by atoms with Crippen LogP contribution in [0.25, 0.3) is 11.0 Å². The fourth-order valence-electron chi connectivity index (χ4n) is 2.71. The Balaban J connectivity index is 1.69. The molecule has 1 fully saturated rings. The number of hydrogen-bond donors (Lipinski definition) is 2. The molecule has 0 atom stereocenters. The molecule has 2 heterocycles. The van der Waals surface area contributed by atoms with Crippen LogP contribution in [0.1, 0.15) is 30.1 Å². The molecule has 3 rings (SSSR count). The molecule has 0 bridgehead atoms. The zero-order chi connectivity index (χ0) is 14.7. The van der Waals surface area contributed by atoms with E-state index in [0.717, 1.165) is 37.0 Å². The third kappa shape index (κ3) is 3.19. The van der Waals surface area contributed by atoms with E-state index >= 15 is 0 Å². The van der Waals surface area contributed by atoms with Crippen LogP contribution in [0.15, 0.2) is 30.6 Å². The van der Waals surface area contributed by atoms with Crippen molar-refractivity contribution in [3.05, 3.63) is 36.2 Å². The first kappa shape index (κ1) is 13.9.